The second kappa shape index (κ2) is 8.62. The van der Waals surface area contributed by atoms with Crippen LogP contribution in [0.4, 0.5) is 9.52 Å². The zero-order chi connectivity index (χ0) is 18.5. The van der Waals surface area contributed by atoms with Crippen LogP contribution in [0.15, 0.2) is 42.5 Å². The molecule has 0 aliphatic carbocycles. The molecule has 134 valence electrons. The van der Waals surface area contributed by atoms with Crippen LogP contribution >= 0.6 is 34.7 Å². The van der Waals surface area contributed by atoms with Crippen molar-refractivity contribution in [3.8, 4) is 10.6 Å². The van der Waals surface area contributed by atoms with Crippen LogP contribution in [0.2, 0.25) is 5.02 Å². The molecule has 0 atom stereocenters. The van der Waals surface area contributed by atoms with Gasteiger partial charge in [0, 0.05) is 16.3 Å². The maximum absolute atomic E-state index is 13.7. The van der Waals surface area contributed by atoms with Gasteiger partial charge in [-0.1, -0.05) is 58.8 Å². The fraction of sp³-hybridized carbons (Fsp3) is 0.167. The third-order valence-corrected chi connectivity index (χ3v) is 5.58. The molecular weight excluding hydrogens is 393 g/mol. The highest BCUT2D eigenvalue weighted by Gasteiger charge is 2.10. The number of hydrogen-bond donors (Lipinski definition) is 1. The molecule has 1 heterocycles. The van der Waals surface area contributed by atoms with E-state index in [2.05, 4.69) is 15.5 Å². The SMILES string of the molecule is Cc1ccc(-c2nnc(NC(=O)CSCc3ccc(Cl)cc3F)s2)cc1. The predicted octanol–water partition coefficient (Wildman–Crippen LogP) is 5.18. The molecule has 0 aliphatic heterocycles. The molecule has 1 aromatic heterocycles. The number of aryl methyl sites for hydroxylation is 1. The molecule has 0 fully saturated rings. The lowest BCUT2D eigenvalue weighted by Gasteiger charge is -2.04. The molecule has 0 saturated heterocycles. The van der Waals surface area contributed by atoms with Crippen LogP contribution in [0.3, 0.4) is 0 Å². The molecule has 0 spiro atoms. The molecule has 0 aliphatic rings. The minimum absolute atomic E-state index is 0.196. The van der Waals surface area contributed by atoms with E-state index in [-0.39, 0.29) is 17.5 Å². The molecule has 0 unspecified atom stereocenters. The molecule has 3 aromatic rings. The highest BCUT2D eigenvalue weighted by atomic mass is 35.5. The maximum atomic E-state index is 13.7. The monoisotopic (exact) mass is 407 g/mol. The molecule has 0 saturated carbocycles. The van der Waals surface area contributed by atoms with Crippen molar-refractivity contribution in [2.24, 2.45) is 0 Å². The first-order valence-electron chi connectivity index (χ1n) is 7.73. The Kier molecular flexibility index (Phi) is 6.24. The van der Waals surface area contributed by atoms with Crippen LogP contribution in [0.5, 0.6) is 0 Å². The molecule has 0 radical (unpaired) electrons. The highest BCUT2D eigenvalue weighted by Crippen LogP contribution is 2.26. The average Bonchev–Trinajstić information content (AvgIpc) is 3.06. The number of nitrogens with zero attached hydrogens (tertiary/aromatic N) is 2. The Morgan fingerprint density at radius 3 is 2.73 bits per heavy atom. The van der Waals surface area contributed by atoms with E-state index >= 15 is 0 Å². The molecule has 8 heteroatoms. The smallest absolute Gasteiger partial charge is 0.236 e. The summed E-state index contributed by atoms with van der Waals surface area (Å²) in [5, 5.41) is 12.4. The number of carbonyl (C=O) groups is 1. The third kappa shape index (κ3) is 5.03. The van der Waals surface area contributed by atoms with Gasteiger partial charge in [-0.3, -0.25) is 10.1 Å². The van der Waals surface area contributed by atoms with Crippen LogP contribution < -0.4 is 5.32 Å². The van der Waals surface area contributed by atoms with Crippen LogP contribution in [0, 0.1) is 12.7 Å². The normalized spacial score (nSPS) is 10.7. The first kappa shape index (κ1) is 18.8. The van der Waals surface area contributed by atoms with Gasteiger partial charge in [-0.15, -0.1) is 22.0 Å². The summed E-state index contributed by atoms with van der Waals surface area (Å²) in [6, 6.07) is 12.5. The van der Waals surface area contributed by atoms with E-state index in [4.69, 9.17) is 11.6 Å². The van der Waals surface area contributed by atoms with Crippen molar-refractivity contribution in [2.45, 2.75) is 12.7 Å². The number of anilines is 1. The van der Waals surface area contributed by atoms with E-state index in [1.807, 2.05) is 31.2 Å². The topological polar surface area (TPSA) is 54.9 Å². The summed E-state index contributed by atoms with van der Waals surface area (Å²) in [6.07, 6.45) is 0. The standard InChI is InChI=1S/C18H15ClFN3OS2/c1-11-2-4-12(5-3-11)17-22-23-18(26-17)21-16(24)10-25-9-13-6-7-14(19)8-15(13)20/h2-8H,9-10H2,1H3,(H,21,23,24). The first-order chi connectivity index (χ1) is 12.5. The van der Waals surface area contributed by atoms with Gasteiger partial charge >= 0.3 is 0 Å². The van der Waals surface area contributed by atoms with Crippen LogP contribution in [0.25, 0.3) is 10.6 Å². The van der Waals surface area contributed by atoms with E-state index < -0.39 is 0 Å². The zero-order valence-corrected chi connectivity index (χ0v) is 16.2. The average molecular weight is 408 g/mol. The summed E-state index contributed by atoms with van der Waals surface area (Å²) < 4.78 is 13.7. The lowest BCUT2D eigenvalue weighted by atomic mass is 10.2. The van der Waals surface area contributed by atoms with Gasteiger partial charge in [0.25, 0.3) is 0 Å². The minimum Gasteiger partial charge on any atom is -0.300 e. The molecule has 1 N–H and O–H groups in total. The van der Waals surface area contributed by atoms with Crippen molar-refractivity contribution in [3.63, 3.8) is 0 Å². The number of nitrogens with one attached hydrogen (secondary N) is 1. The van der Waals surface area contributed by atoms with E-state index in [9.17, 15) is 9.18 Å². The Hall–Kier alpha value is -1.96. The predicted molar refractivity (Wildman–Crippen MR) is 106 cm³/mol. The van der Waals surface area contributed by atoms with Crippen molar-refractivity contribution in [1.29, 1.82) is 0 Å². The Bertz CT molecular complexity index is 915. The summed E-state index contributed by atoms with van der Waals surface area (Å²) in [5.41, 5.74) is 2.65. The van der Waals surface area contributed by atoms with E-state index in [1.54, 1.807) is 12.1 Å². The summed E-state index contributed by atoms with van der Waals surface area (Å²) >= 11 is 8.36. The molecule has 2 aromatic carbocycles. The van der Waals surface area contributed by atoms with Crippen LogP contribution in [0.1, 0.15) is 11.1 Å². The Morgan fingerprint density at radius 1 is 1.23 bits per heavy atom. The molecule has 0 bridgehead atoms. The quantitative estimate of drug-likeness (QED) is 0.611. The Morgan fingerprint density at radius 2 is 2.00 bits per heavy atom. The number of amides is 1. The number of halogens is 2. The van der Waals surface area contributed by atoms with E-state index in [1.165, 1.54) is 34.7 Å². The second-order valence-corrected chi connectivity index (χ2v) is 7.95. The minimum atomic E-state index is -0.364. The molecular formula is C18H15ClFN3OS2. The zero-order valence-electron chi connectivity index (χ0n) is 13.8. The lowest BCUT2D eigenvalue weighted by molar-refractivity contribution is -0.113. The van der Waals surface area contributed by atoms with Crippen molar-refractivity contribution in [1.82, 2.24) is 10.2 Å². The Labute approximate surface area is 163 Å². The lowest BCUT2D eigenvalue weighted by Crippen LogP contribution is -2.14. The van der Waals surface area contributed by atoms with Gasteiger partial charge < -0.3 is 0 Å². The summed E-state index contributed by atoms with van der Waals surface area (Å²) in [6.45, 7) is 2.02. The van der Waals surface area contributed by atoms with Gasteiger partial charge in [-0.05, 0) is 24.6 Å². The summed E-state index contributed by atoms with van der Waals surface area (Å²) in [4.78, 5) is 12.0. The van der Waals surface area contributed by atoms with Gasteiger partial charge in [-0.25, -0.2) is 4.39 Å². The number of thioether (sulfide) groups is 1. The number of carbonyl (C=O) groups excluding carboxylic acids is 1. The van der Waals surface area contributed by atoms with Crippen LogP contribution in [-0.4, -0.2) is 21.9 Å². The maximum Gasteiger partial charge on any atom is 0.236 e. The van der Waals surface area contributed by atoms with Gasteiger partial charge in [0.05, 0.1) is 5.75 Å². The van der Waals surface area contributed by atoms with Crippen LogP contribution in [-0.2, 0) is 10.5 Å². The third-order valence-electron chi connectivity index (χ3n) is 3.48. The van der Waals surface area contributed by atoms with Crippen molar-refractivity contribution < 1.29 is 9.18 Å². The second-order valence-electron chi connectivity index (χ2n) is 5.56. The van der Waals surface area contributed by atoms with Gasteiger partial charge in [0.15, 0.2) is 0 Å². The van der Waals surface area contributed by atoms with Gasteiger partial charge in [0.2, 0.25) is 11.0 Å². The van der Waals surface area contributed by atoms with E-state index in [0.717, 1.165) is 10.6 Å². The fourth-order valence-electron chi connectivity index (χ4n) is 2.13. The van der Waals surface area contributed by atoms with Crippen molar-refractivity contribution in [2.75, 3.05) is 11.1 Å². The Balaban J connectivity index is 1.51. The number of benzene rings is 2. The van der Waals surface area contributed by atoms with Gasteiger partial charge in [-0.2, -0.15) is 0 Å². The number of aromatic nitrogens is 2. The molecule has 4 nitrogen and oxygen atoms in total. The highest BCUT2D eigenvalue weighted by molar-refractivity contribution is 7.99. The summed E-state index contributed by atoms with van der Waals surface area (Å²) in [5.74, 6) is 0.0242. The van der Waals surface area contributed by atoms with Crippen molar-refractivity contribution in [3.05, 3.63) is 64.4 Å². The first-order valence-corrected chi connectivity index (χ1v) is 10.1. The number of rotatable bonds is 6. The number of hydrogen-bond acceptors (Lipinski definition) is 5. The largest absolute Gasteiger partial charge is 0.300 e. The molecule has 26 heavy (non-hydrogen) atoms. The van der Waals surface area contributed by atoms with Gasteiger partial charge in [0.1, 0.15) is 10.8 Å². The van der Waals surface area contributed by atoms with E-state index in [0.29, 0.717) is 21.5 Å². The fourth-order valence-corrected chi connectivity index (χ4v) is 3.87. The molecule has 3 rings (SSSR count). The summed E-state index contributed by atoms with van der Waals surface area (Å²) in [7, 11) is 0. The van der Waals surface area contributed by atoms with Crippen molar-refractivity contribution >= 4 is 45.7 Å². The molecule has 1 amide bonds.